The second-order valence-electron chi connectivity index (χ2n) is 5.17. The monoisotopic (exact) mass is 262 g/mol. The van der Waals surface area contributed by atoms with Crippen molar-refractivity contribution in [1.82, 2.24) is 9.80 Å². The number of nitrogens with zero attached hydrogens (tertiary/aromatic N) is 2. The summed E-state index contributed by atoms with van der Waals surface area (Å²) in [4.78, 5) is 16.2. The summed E-state index contributed by atoms with van der Waals surface area (Å²) in [6.07, 6.45) is 2.81. The number of carbonyl (C=O) groups excluding carboxylic acids is 1. The lowest BCUT2D eigenvalue weighted by molar-refractivity contribution is -0.129. The van der Waals surface area contributed by atoms with Crippen molar-refractivity contribution < 1.29 is 9.90 Å². The van der Waals surface area contributed by atoms with Crippen LogP contribution in [0.2, 0.25) is 0 Å². The Kier molecular flexibility index (Phi) is 4.80. The molecule has 1 aliphatic heterocycles. The van der Waals surface area contributed by atoms with E-state index in [4.69, 9.17) is 0 Å². The molecule has 0 unspecified atom stereocenters. The van der Waals surface area contributed by atoms with Gasteiger partial charge in [-0.3, -0.25) is 4.79 Å². The highest BCUT2D eigenvalue weighted by molar-refractivity contribution is 5.79. The van der Waals surface area contributed by atoms with Crippen molar-refractivity contribution >= 4 is 5.91 Å². The summed E-state index contributed by atoms with van der Waals surface area (Å²) >= 11 is 0. The third-order valence-corrected chi connectivity index (χ3v) is 3.71. The standard InChI is InChI=1S/C15H22N2O2/c1-16(10-11-17-8-4-5-9-17)15(19)12-13-6-2-3-7-14(13)18/h2-3,6-7,18H,4-5,8-12H2,1H3. The molecule has 1 aliphatic rings. The van der Waals surface area contributed by atoms with Crippen LogP contribution >= 0.6 is 0 Å². The second kappa shape index (κ2) is 6.57. The third kappa shape index (κ3) is 3.96. The fourth-order valence-electron chi connectivity index (χ4n) is 2.38. The molecule has 0 aliphatic carbocycles. The van der Waals surface area contributed by atoms with Crippen LogP contribution < -0.4 is 0 Å². The van der Waals surface area contributed by atoms with Crippen molar-refractivity contribution in [3.63, 3.8) is 0 Å². The van der Waals surface area contributed by atoms with Gasteiger partial charge in [0.1, 0.15) is 5.75 Å². The van der Waals surface area contributed by atoms with Gasteiger partial charge in [-0.2, -0.15) is 0 Å². The average molecular weight is 262 g/mol. The molecule has 2 rings (SSSR count). The number of aromatic hydroxyl groups is 1. The molecule has 0 radical (unpaired) electrons. The van der Waals surface area contributed by atoms with E-state index < -0.39 is 0 Å². The molecule has 1 aromatic carbocycles. The molecule has 19 heavy (non-hydrogen) atoms. The predicted molar refractivity (Wildman–Crippen MR) is 75.1 cm³/mol. The Morgan fingerprint density at radius 3 is 2.68 bits per heavy atom. The van der Waals surface area contributed by atoms with E-state index >= 15 is 0 Å². The van der Waals surface area contributed by atoms with Crippen LogP contribution in [0.3, 0.4) is 0 Å². The van der Waals surface area contributed by atoms with E-state index in [2.05, 4.69) is 4.90 Å². The van der Waals surface area contributed by atoms with Crippen molar-refractivity contribution in [2.24, 2.45) is 0 Å². The number of para-hydroxylation sites is 1. The minimum atomic E-state index is 0.0562. The summed E-state index contributed by atoms with van der Waals surface area (Å²) in [5, 5.41) is 9.66. The number of rotatable bonds is 5. The molecule has 1 saturated heterocycles. The average Bonchev–Trinajstić information content (AvgIpc) is 2.91. The number of phenolic OH excluding ortho intramolecular Hbond substituents is 1. The van der Waals surface area contributed by atoms with Crippen molar-refractivity contribution in [3.8, 4) is 5.75 Å². The van der Waals surface area contributed by atoms with Gasteiger partial charge in [-0.25, -0.2) is 0 Å². The number of hydrogen-bond donors (Lipinski definition) is 1. The molecule has 1 fully saturated rings. The summed E-state index contributed by atoms with van der Waals surface area (Å²) in [5.41, 5.74) is 0.695. The zero-order chi connectivity index (χ0) is 13.7. The first-order chi connectivity index (χ1) is 9.16. The first-order valence-electron chi connectivity index (χ1n) is 6.90. The molecule has 0 atom stereocenters. The summed E-state index contributed by atoms with van der Waals surface area (Å²) in [7, 11) is 1.83. The number of benzene rings is 1. The van der Waals surface area contributed by atoms with Gasteiger partial charge in [0.2, 0.25) is 5.91 Å². The normalized spacial score (nSPS) is 15.6. The minimum absolute atomic E-state index is 0.0562. The molecule has 0 saturated carbocycles. The van der Waals surface area contributed by atoms with Gasteiger partial charge >= 0.3 is 0 Å². The van der Waals surface area contributed by atoms with Crippen molar-refractivity contribution in [2.75, 3.05) is 33.2 Å². The first kappa shape index (κ1) is 13.9. The summed E-state index contributed by atoms with van der Waals surface area (Å²) in [6, 6.07) is 7.02. The van der Waals surface area contributed by atoms with Gasteiger partial charge in [0.05, 0.1) is 6.42 Å². The lowest BCUT2D eigenvalue weighted by Gasteiger charge is -2.21. The lowest BCUT2D eigenvalue weighted by Crippen LogP contribution is -2.35. The highest BCUT2D eigenvalue weighted by atomic mass is 16.3. The van der Waals surface area contributed by atoms with Crippen molar-refractivity contribution in [2.45, 2.75) is 19.3 Å². The number of hydrogen-bond acceptors (Lipinski definition) is 3. The lowest BCUT2D eigenvalue weighted by atomic mass is 10.1. The molecule has 4 nitrogen and oxygen atoms in total. The fourth-order valence-corrected chi connectivity index (χ4v) is 2.38. The first-order valence-corrected chi connectivity index (χ1v) is 6.90. The Balaban J connectivity index is 1.80. The van der Waals surface area contributed by atoms with Gasteiger partial charge in [-0.05, 0) is 32.0 Å². The zero-order valence-electron chi connectivity index (χ0n) is 11.5. The molecule has 1 aromatic rings. The topological polar surface area (TPSA) is 43.8 Å². The van der Waals surface area contributed by atoms with Gasteiger partial charge in [0.25, 0.3) is 0 Å². The van der Waals surface area contributed by atoms with E-state index in [0.717, 1.165) is 26.2 Å². The Morgan fingerprint density at radius 1 is 1.32 bits per heavy atom. The van der Waals surface area contributed by atoms with Crippen LogP contribution in [-0.2, 0) is 11.2 Å². The highest BCUT2D eigenvalue weighted by Gasteiger charge is 2.15. The van der Waals surface area contributed by atoms with E-state index in [9.17, 15) is 9.90 Å². The van der Waals surface area contributed by atoms with E-state index in [0.29, 0.717) is 5.56 Å². The van der Waals surface area contributed by atoms with Gasteiger partial charge in [0, 0.05) is 25.7 Å². The summed E-state index contributed by atoms with van der Waals surface area (Å²) < 4.78 is 0. The maximum absolute atomic E-state index is 12.1. The number of likely N-dealkylation sites (N-methyl/N-ethyl adjacent to an activating group) is 1. The van der Waals surface area contributed by atoms with Gasteiger partial charge in [-0.15, -0.1) is 0 Å². The van der Waals surface area contributed by atoms with Crippen LogP contribution in [0.5, 0.6) is 5.75 Å². The van der Waals surface area contributed by atoms with Gasteiger partial charge in [0.15, 0.2) is 0 Å². The molecular weight excluding hydrogens is 240 g/mol. The molecule has 4 heteroatoms. The quantitative estimate of drug-likeness (QED) is 0.874. The molecular formula is C15H22N2O2. The third-order valence-electron chi connectivity index (χ3n) is 3.71. The highest BCUT2D eigenvalue weighted by Crippen LogP contribution is 2.16. The molecule has 0 aromatic heterocycles. The Bertz CT molecular complexity index is 428. The van der Waals surface area contributed by atoms with Gasteiger partial charge < -0.3 is 14.9 Å². The SMILES string of the molecule is CN(CCN1CCCC1)C(=O)Cc1ccccc1O. The molecule has 1 heterocycles. The van der Waals surface area contributed by atoms with Crippen LogP contribution in [0, 0.1) is 0 Å². The minimum Gasteiger partial charge on any atom is -0.508 e. The van der Waals surface area contributed by atoms with E-state index in [1.54, 1.807) is 23.1 Å². The second-order valence-corrected chi connectivity index (χ2v) is 5.17. The summed E-state index contributed by atoms with van der Waals surface area (Å²) in [6.45, 7) is 4.01. The molecule has 0 spiro atoms. The fraction of sp³-hybridized carbons (Fsp3) is 0.533. The van der Waals surface area contributed by atoms with E-state index in [-0.39, 0.29) is 18.1 Å². The van der Waals surface area contributed by atoms with Crippen LogP contribution in [0.1, 0.15) is 18.4 Å². The summed E-state index contributed by atoms with van der Waals surface area (Å²) in [5.74, 6) is 0.254. The number of phenols is 1. The maximum Gasteiger partial charge on any atom is 0.226 e. The van der Waals surface area contributed by atoms with Crippen LogP contribution in [0.4, 0.5) is 0 Å². The van der Waals surface area contributed by atoms with Gasteiger partial charge in [-0.1, -0.05) is 18.2 Å². The van der Waals surface area contributed by atoms with E-state index in [1.165, 1.54) is 12.8 Å². The Hall–Kier alpha value is -1.55. The van der Waals surface area contributed by atoms with Crippen molar-refractivity contribution in [3.05, 3.63) is 29.8 Å². The zero-order valence-corrected chi connectivity index (χ0v) is 11.5. The Morgan fingerprint density at radius 2 is 2.00 bits per heavy atom. The number of carbonyl (C=O) groups is 1. The maximum atomic E-state index is 12.1. The smallest absolute Gasteiger partial charge is 0.226 e. The molecule has 0 bridgehead atoms. The number of amides is 1. The van der Waals surface area contributed by atoms with Crippen LogP contribution in [0.25, 0.3) is 0 Å². The largest absolute Gasteiger partial charge is 0.508 e. The number of likely N-dealkylation sites (tertiary alicyclic amines) is 1. The molecule has 1 amide bonds. The predicted octanol–water partition coefficient (Wildman–Crippen LogP) is 1.49. The van der Waals surface area contributed by atoms with Crippen LogP contribution in [-0.4, -0.2) is 54.0 Å². The Labute approximate surface area is 114 Å². The van der Waals surface area contributed by atoms with Crippen LogP contribution in [0.15, 0.2) is 24.3 Å². The van der Waals surface area contributed by atoms with E-state index in [1.807, 2.05) is 13.1 Å². The molecule has 104 valence electrons. The van der Waals surface area contributed by atoms with Crippen molar-refractivity contribution in [1.29, 1.82) is 0 Å². The molecule has 1 N–H and O–H groups in total.